The molecular formula is C19H23NO4. The lowest BCUT2D eigenvalue weighted by Gasteiger charge is -2.33. The minimum absolute atomic E-state index is 0.0423. The standard InChI is InChI=1S/C19H23NO4/c1-24-18(23)16-11-19(16)5-7-20(8-6-19)17(22)15-10-14(15)12-3-2-4-13(21)9-12/h2-4,9,14-16,21H,5-8,10-11H2,1H3/t14-,15+,16-/m1/s1. The first-order valence-electron chi connectivity index (χ1n) is 8.70. The molecule has 5 nitrogen and oxygen atoms in total. The van der Waals surface area contributed by atoms with Gasteiger partial charge in [-0.2, -0.15) is 0 Å². The van der Waals surface area contributed by atoms with Crippen molar-refractivity contribution in [1.29, 1.82) is 0 Å². The number of amides is 1. The summed E-state index contributed by atoms with van der Waals surface area (Å²) >= 11 is 0. The van der Waals surface area contributed by atoms with E-state index in [0.29, 0.717) is 0 Å². The van der Waals surface area contributed by atoms with Crippen LogP contribution >= 0.6 is 0 Å². The Hall–Kier alpha value is -2.04. The summed E-state index contributed by atoms with van der Waals surface area (Å²) in [5.74, 6) is 0.726. The van der Waals surface area contributed by atoms with Gasteiger partial charge in [-0.3, -0.25) is 9.59 Å². The molecule has 4 rings (SSSR count). The molecule has 1 N–H and O–H groups in total. The fraction of sp³-hybridized carbons (Fsp3) is 0.579. The molecule has 5 heteroatoms. The summed E-state index contributed by atoms with van der Waals surface area (Å²) in [6, 6.07) is 7.22. The molecular weight excluding hydrogens is 306 g/mol. The number of carbonyl (C=O) groups is 2. The van der Waals surface area contributed by atoms with Crippen molar-refractivity contribution in [2.24, 2.45) is 17.3 Å². The zero-order valence-electron chi connectivity index (χ0n) is 13.9. The number of likely N-dealkylation sites (tertiary alicyclic amines) is 1. The van der Waals surface area contributed by atoms with E-state index in [1.807, 2.05) is 17.0 Å². The molecule has 3 aliphatic rings. The third kappa shape index (κ3) is 2.56. The molecule has 1 amide bonds. The topological polar surface area (TPSA) is 66.8 Å². The van der Waals surface area contributed by atoms with Crippen LogP contribution in [0.3, 0.4) is 0 Å². The van der Waals surface area contributed by atoms with Crippen LogP contribution in [0.25, 0.3) is 0 Å². The van der Waals surface area contributed by atoms with Crippen molar-refractivity contribution in [2.45, 2.75) is 31.6 Å². The van der Waals surface area contributed by atoms with Crippen molar-refractivity contribution in [3.8, 4) is 5.75 Å². The lowest BCUT2D eigenvalue weighted by molar-refractivity contribution is -0.143. The highest BCUT2D eigenvalue weighted by Gasteiger charge is 2.60. The summed E-state index contributed by atoms with van der Waals surface area (Å²) in [5, 5.41) is 9.58. The van der Waals surface area contributed by atoms with Gasteiger partial charge in [-0.1, -0.05) is 12.1 Å². The highest BCUT2D eigenvalue weighted by molar-refractivity contribution is 5.83. The van der Waals surface area contributed by atoms with Gasteiger partial charge in [0.05, 0.1) is 13.0 Å². The Balaban J connectivity index is 1.33. The van der Waals surface area contributed by atoms with E-state index < -0.39 is 0 Å². The second-order valence-corrected chi connectivity index (χ2v) is 7.51. The average Bonchev–Trinajstić information content (AvgIpc) is 3.50. The number of hydrogen-bond donors (Lipinski definition) is 1. The first-order valence-corrected chi connectivity index (χ1v) is 8.70. The molecule has 1 aliphatic heterocycles. The van der Waals surface area contributed by atoms with Gasteiger partial charge in [-0.05, 0) is 54.7 Å². The first kappa shape index (κ1) is 15.5. The number of ether oxygens (including phenoxy) is 1. The van der Waals surface area contributed by atoms with E-state index in [1.54, 1.807) is 12.1 Å². The van der Waals surface area contributed by atoms with Gasteiger partial charge in [0.1, 0.15) is 5.75 Å². The van der Waals surface area contributed by atoms with Crippen LogP contribution in [0.5, 0.6) is 5.75 Å². The zero-order valence-corrected chi connectivity index (χ0v) is 13.9. The van der Waals surface area contributed by atoms with Gasteiger partial charge in [0.25, 0.3) is 0 Å². The number of phenols is 1. The maximum Gasteiger partial charge on any atom is 0.309 e. The predicted octanol–water partition coefficient (Wildman–Crippen LogP) is 2.30. The molecule has 3 fully saturated rings. The van der Waals surface area contributed by atoms with E-state index in [-0.39, 0.29) is 40.8 Å². The Kier molecular flexibility index (Phi) is 3.55. The second kappa shape index (κ2) is 5.50. The Morgan fingerprint density at radius 1 is 1.29 bits per heavy atom. The number of benzene rings is 1. The van der Waals surface area contributed by atoms with Crippen LogP contribution in [-0.4, -0.2) is 42.1 Å². The van der Waals surface area contributed by atoms with Gasteiger partial charge in [-0.25, -0.2) is 0 Å². The van der Waals surface area contributed by atoms with E-state index >= 15 is 0 Å². The van der Waals surface area contributed by atoms with Gasteiger partial charge >= 0.3 is 5.97 Å². The number of nitrogens with zero attached hydrogens (tertiary/aromatic N) is 1. The van der Waals surface area contributed by atoms with E-state index in [2.05, 4.69) is 0 Å². The number of piperidine rings is 1. The van der Waals surface area contributed by atoms with Crippen molar-refractivity contribution >= 4 is 11.9 Å². The molecule has 3 atom stereocenters. The molecule has 24 heavy (non-hydrogen) atoms. The van der Waals surface area contributed by atoms with Crippen molar-refractivity contribution in [2.75, 3.05) is 20.2 Å². The van der Waals surface area contributed by atoms with E-state index in [0.717, 1.165) is 44.3 Å². The molecule has 1 aromatic rings. The van der Waals surface area contributed by atoms with E-state index in [9.17, 15) is 14.7 Å². The summed E-state index contributed by atoms with van der Waals surface area (Å²) in [6.45, 7) is 1.49. The number of hydrogen-bond acceptors (Lipinski definition) is 4. The van der Waals surface area contributed by atoms with Gasteiger partial charge in [0, 0.05) is 19.0 Å². The SMILES string of the molecule is COC(=O)[C@H]1CC12CCN(C(=O)[C@H]1C[C@@H]1c1cccc(O)c1)CC2. The Bertz CT molecular complexity index is 678. The van der Waals surface area contributed by atoms with Gasteiger partial charge in [0.2, 0.25) is 5.91 Å². The monoisotopic (exact) mass is 329 g/mol. The zero-order chi connectivity index (χ0) is 16.9. The highest BCUT2D eigenvalue weighted by Crippen LogP contribution is 2.60. The molecule has 2 aliphatic carbocycles. The summed E-state index contributed by atoms with van der Waals surface area (Å²) in [5.41, 5.74) is 1.15. The van der Waals surface area contributed by atoms with Crippen molar-refractivity contribution in [3.63, 3.8) is 0 Å². The number of phenolic OH excluding ortho intramolecular Hbond substituents is 1. The van der Waals surface area contributed by atoms with E-state index in [4.69, 9.17) is 4.74 Å². The number of esters is 1. The molecule has 0 radical (unpaired) electrons. The van der Waals surface area contributed by atoms with Crippen LogP contribution in [0, 0.1) is 17.3 Å². The molecule has 2 saturated carbocycles. The number of aromatic hydroxyl groups is 1. The Morgan fingerprint density at radius 3 is 2.71 bits per heavy atom. The van der Waals surface area contributed by atoms with Crippen molar-refractivity contribution in [3.05, 3.63) is 29.8 Å². The van der Waals surface area contributed by atoms with Crippen LogP contribution < -0.4 is 0 Å². The summed E-state index contributed by atoms with van der Waals surface area (Å²) in [7, 11) is 1.45. The van der Waals surface area contributed by atoms with Crippen LogP contribution in [0.4, 0.5) is 0 Å². The Morgan fingerprint density at radius 2 is 2.04 bits per heavy atom. The van der Waals surface area contributed by atoms with Crippen molar-refractivity contribution < 1.29 is 19.4 Å². The molecule has 1 saturated heterocycles. The summed E-state index contributed by atoms with van der Waals surface area (Å²) in [4.78, 5) is 26.4. The van der Waals surface area contributed by atoms with Gasteiger partial charge in [-0.15, -0.1) is 0 Å². The lowest BCUT2D eigenvalue weighted by Crippen LogP contribution is -2.41. The average molecular weight is 329 g/mol. The van der Waals surface area contributed by atoms with E-state index in [1.165, 1.54) is 7.11 Å². The maximum absolute atomic E-state index is 12.7. The first-order chi connectivity index (χ1) is 11.5. The largest absolute Gasteiger partial charge is 0.508 e. The molecule has 0 unspecified atom stereocenters. The molecule has 0 aromatic heterocycles. The quantitative estimate of drug-likeness (QED) is 0.864. The minimum atomic E-state index is -0.0964. The highest BCUT2D eigenvalue weighted by atomic mass is 16.5. The number of methoxy groups -OCH3 is 1. The maximum atomic E-state index is 12.7. The predicted molar refractivity (Wildman–Crippen MR) is 87.3 cm³/mol. The van der Waals surface area contributed by atoms with Crippen LogP contribution in [0.1, 0.15) is 37.2 Å². The third-order valence-corrected chi connectivity index (χ3v) is 6.15. The summed E-state index contributed by atoms with van der Waals surface area (Å²) < 4.78 is 4.86. The molecule has 1 spiro atoms. The van der Waals surface area contributed by atoms with Gasteiger partial charge in [0.15, 0.2) is 0 Å². The molecule has 1 heterocycles. The van der Waals surface area contributed by atoms with Gasteiger partial charge < -0.3 is 14.7 Å². The Labute approximate surface area is 141 Å². The normalized spacial score (nSPS) is 30.0. The molecule has 128 valence electrons. The number of rotatable bonds is 3. The van der Waals surface area contributed by atoms with Crippen LogP contribution in [0.15, 0.2) is 24.3 Å². The summed E-state index contributed by atoms with van der Waals surface area (Å²) in [6.07, 6.45) is 3.59. The minimum Gasteiger partial charge on any atom is -0.508 e. The third-order valence-electron chi connectivity index (χ3n) is 6.15. The molecule has 0 bridgehead atoms. The van der Waals surface area contributed by atoms with Crippen molar-refractivity contribution in [1.82, 2.24) is 4.90 Å². The second-order valence-electron chi connectivity index (χ2n) is 7.51. The fourth-order valence-corrected chi connectivity index (χ4v) is 4.37. The number of carbonyl (C=O) groups excluding carboxylic acids is 2. The van der Waals surface area contributed by atoms with Crippen LogP contribution in [0.2, 0.25) is 0 Å². The lowest BCUT2D eigenvalue weighted by atomic mass is 9.90. The fourth-order valence-electron chi connectivity index (χ4n) is 4.37. The smallest absolute Gasteiger partial charge is 0.309 e. The van der Waals surface area contributed by atoms with Crippen LogP contribution in [-0.2, 0) is 14.3 Å². The molecule has 1 aromatic carbocycles.